The molecule has 0 amide bonds. The second-order valence-corrected chi connectivity index (χ2v) is 4.57. The monoisotopic (exact) mass is 262 g/mol. The molecule has 1 heterocycles. The van der Waals surface area contributed by atoms with Crippen LogP contribution in [-0.4, -0.2) is 15.8 Å². The Hall–Kier alpha value is -1.72. The molecule has 102 valence electrons. The van der Waals surface area contributed by atoms with Gasteiger partial charge in [-0.1, -0.05) is 18.2 Å². The summed E-state index contributed by atoms with van der Waals surface area (Å²) in [5.74, 6) is 5.37. The molecule has 0 fully saturated rings. The maximum atomic E-state index is 13.6. The first kappa shape index (κ1) is 13.7. The van der Waals surface area contributed by atoms with Crippen LogP contribution in [0.4, 0.5) is 4.39 Å². The van der Waals surface area contributed by atoms with Crippen LogP contribution in [0.1, 0.15) is 18.1 Å². The van der Waals surface area contributed by atoms with E-state index in [9.17, 15) is 4.39 Å². The van der Waals surface area contributed by atoms with Gasteiger partial charge in [0.2, 0.25) is 0 Å². The average Bonchev–Trinajstić information content (AvgIpc) is 2.88. The summed E-state index contributed by atoms with van der Waals surface area (Å²) in [6, 6.07) is 6.77. The van der Waals surface area contributed by atoms with Crippen molar-refractivity contribution in [3.8, 4) is 0 Å². The molecule has 0 aliphatic carbocycles. The van der Waals surface area contributed by atoms with Gasteiger partial charge in [-0.2, -0.15) is 5.10 Å². The highest BCUT2D eigenvalue weighted by Crippen LogP contribution is 2.12. The van der Waals surface area contributed by atoms with Gasteiger partial charge in [0.15, 0.2) is 0 Å². The predicted octanol–water partition coefficient (Wildman–Crippen LogP) is 1.66. The summed E-state index contributed by atoms with van der Waals surface area (Å²) >= 11 is 0. The van der Waals surface area contributed by atoms with E-state index < -0.39 is 0 Å². The van der Waals surface area contributed by atoms with Gasteiger partial charge in [-0.25, -0.2) is 4.39 Å². The van der Waals surface area contributed by atoms with Crippen LogP contribution >= 0.6 is 0 Å². The van der Waals surface area contributed by atoms with Crippen LogP contribution in [0.15, 0.2) is 36.7 Å². The summed E-state index contributed by atoms with van der Waals surface area (Å²) in [4.78, 5) is 0. The minimum Gasteiger partial charge on any atom is -0.273 e. The van der Waals surface area contributed by atoms with Gasteiger partial charge in [0.05, 0.1) is 6.20 Å². The normalized spacial score (nSPS) is 12.6. The first-order valence-electron chi connectivity index (χ1n) is 6.43. The molecular formula is C14H19FN4. The minimum absolute atomic E-state index is 0.00796. The van der Waals surface area contributed by atoms with Crippen LogP contribution in [0.25, 0.3) is 0 Å². The van der Waals surface area contributed by atoms with Crippen molar-refractivity contribution < 1.29 is 4.39 Å². The molecule has 1 aromatic carbocycles. The van der Waals surface area contributed by atoms with Crippen molar-refractivity contribution >= 4 is 0 Å². The Kier molecular flexibility index (Phi) is 4.65. The third-order valence-electron chi connectivity index (χ3n) is 3.15. The number of rotatable bonds is 6. The molecule has 0 aliphatic rings. The van der Waals surface area contributed by atoms with E-state index in [4.69, 9.17) is 5.84 Å². The van der Waals surface area contributed by atoms with Crippen molar-refractivity contribution in [1.82, 2.24) is 15.2 Å². The van der Waals surface area contributed by atoms with E-state index in [0.717, 1.165) is 18.5 Å². The number of aromatic nitrogens is 2. The van der Waals surface area contributed by atoms with Gasteiger partial charge in [0, 0.05) is 18.8 Å². The maximum Gasteiger partial charge on any atom is 0.126 e. The summed E-state index contributed by atoms with van der Waals surface area (Å²) < 4.78 is 15.5. The van der Waals surface area contributed by atoms with Crippen molar-refractivity contribution in [2.45, 2.75) is 32.4 Å². The zero-order valence-electron chi connectivity index (χ0n) is 11.0. The number of aryl methyl sites for hydroxylation is 1. The van der Waals surface area contributed by atoms with E-state index in [1.165, 1.54) is 6.07 Å². The Balaban J connectivity index is 2.02. The highest BCUT2D eigenvalue weighted by molar-refractivity contribution is 5.19. The van der Waals surface area contributed by atoms with E-state index in [2.05, 4.69) is 10.5 Å². The molecule has 0 radical (unpaired) electrons. The molecule has 5 heteroatoms. The van der Waals surface area contributed by atoms with Crippen molar-refractivity contribution in [3.05, 3.63) is 53.6 Å². The van der Waals surface area contributed by atoms with Gasteiger partial charge < -0.3 is 0 Å². The van der Waals surface area contributed by atoms with Gasteiger partial charge in [0.25, 0.3) is 0 Å². The molecule has 0 saturated heterocycles. The summed E-state index contributed by atoms with van der Waals surface area (Å²) in [6.07, 6.45) is 5.10. The van der Waals surface area contributed by atoms with E-state index in [1.807, 2.05) is 30.1 Å². The number of hydrazine groups is 1. The predicted molar refractivity (Wildman–Crippen MR) is 72.8 cm³/mol. The second kappa shape index (κ2) is 6.45. The molecule has 19 heavy (non-hydrogen) atoms. The fraction of sp³-hybridized carbons (Fsp3) is 0.357. The van der Waals surface area contributed by atoms with E-state index >= 15 is 0 Å². The molecule has 0 bridgehead atoms. The molecule has 3 N–H and O–H groups in total. The number of hydrogen-bond acceptors (Lipinski definition) is 3. The van der Waals surface area contributed by atoms with Gasteiger partial charge in [-0.05, 0) is 37.0 Å². The maximum absolute atomic E-state index is 13.6. The highest BCUT2D eigenvalue weighted by Gasteiger charge is 2.12. The second-order valence-electron chi connectivity index (χ2n) is 4.57. The Bertz CT molecular complexity index is 524. The van der Waals surface area contributed by atoms with Crippen molar-refractivity contribution in [2.75, 3.05) is 0 Å². The molecule has 2 rings (SSSR count). The Labute approximate surface area is 112 Å². The van der Waals surface area contributed by atoms with Gasteiger partial charge in [-0.3, -0.25) is 16.0 Å². The quantitative estimate of drug-likeness (QED) is 0.615. The molecule has 4 nitrogen and oxygen atoms in total. The van der Waals surface area contributed by atoms with Crippen LogP contribution in [0, 0.1) is 5.82 Å². The molecule has 1 atom stereocenters. The van der Waals surface area contributed by atoms with Crippen LogP contribution < -0.4 is 11.3 Å². The number of nitrogens with two attached hydrogens (primary N) is 1. The first-order valence-corrected chi connectivity index (χ1v) is 6.43. The third kappa shape index (κ3) is 3.62. The largest absolute Gasteiger partial charge is 0.273 e. The fourth-order valence-electron chi connectivity index (χ4n) is 2.09. The first-order chi connectivity index (χ1) is 9.22. The molecule has 0 aliphatic heterocycles. The zero-order valence-corrected chi connectivity index (χ0v) is 11.0. The lowest BCUT2D eigenvalue weighted by atomic mass is 10.0. The van der Waals surface area contributed by atoms with Crippen LogP contribution in [-0.2, 0) is 19.4 Å². The highest BCUT2D eigenvalue weighted by atomic mass is 19.1. The van der Waals surface area contributed by atoms with E-state index in [-0.39, 0.29) is 11.9 Å². The van der Waals surface area contributed by atoms with Gasteiger partial charge >= 0.3 is 0 Å². The lowest BCUT2D eigenvalue weighted by molar-refractivity contribution is 0.506. The number of nitrogens with zero attached hydrogens (tertiary/aromatic N) is 2. The molecular weight excluding hydrogens is 243 g/mol. The van der Waals surface area contributed by atoms with E-state index in [0.29, 0.717) is 12.0 Å². The smallest absolute Gasteiger partial charge is 0.126 e. The molecule has 1 unspecified atom stereocenters. The molecule has 0 spiro atoms. The fourth-order valence-corrected chi connectivity index (χ4v) is 2.09. The van der Waals surface area contributed by atoms with Gasteiger partial charge in [0.1, 0.15) is 5.82 Å². The van der Waals surface area contributed by atoms with Crippen molar-refractivity contribution in [1.29, 1.82) is 0 Å². The summed E-state index contributed by atoms with van der Waals surface area (Å²) in [5, 5.41) is 4.22. The zero-order chi connectivity index (χ0) is 13.7. The average molecular weight is 262 g/mol. The molecule has 2 aromatic rings. The third-order valence-corrected chi connectivity index (χ3v) is 3.15. The number of hydrogen-bond donors (Lipinski definition) is 2. The lowest BCUT2D eigenvalue weighted by Crippen LogP contribution is -2.38. The van der Waals surface area contributed by atoms with Crippen LogP contribution in [0.2, 0.25) is 0 Å². The molecule has 0 saturated carbocycles. The number of nitrogens with one attached hydrogen (secondary N) is 1. The van der Waals surface area contributed by atoms with Gasteiger partial charge in [-0.15, -0.1) is 0 Å². The molecule has 1 aromatic heterocycles. The summed E-state index contributed by atoms with van der Waals surface area (Å²) in [6.45, 7) is 2.88. The lowest BCUT2D eigenvalue weighted by Gasteiger charge is -2.15. The van der Waals surface area contributed by atoms with Crippen molar-refractivity contribution in [3.63, 3.8) is 0 Å². The van der Waals surface area contributed by atoms with Crippen LogP contribution in [0.3, 0.4) is 0 Å². The Morgan fingerprint density at radius 1 is 1.37 bits per heavy atom. The topological polar surface area (TPSA) is 55.9 Å². The van der Waals surface area contributed by atoms with Crippen LogP contribution in [0.5, 0.6) is 0 Å². The minimum atomic E-state index is -0.188. The van der Waals surface area contributed by atoms with Crippen molar-refractivity contribution in [2.24, 2.45) is 5.84 Å². The summed E-state index contributed by atoms with van der Waals surface area (Å²) in [7, 11) is 0. The number of benzene rings is 1. The Morgan fingerprint density at radius 2 is 2.16 bits per heavy atom. The summed E-state index contributed by atoms with van der Waals surface area (Å²) in [5.41, 5.74) is 4.52. The Morgan fingerprint density at radius 3 is 2.79 bits per heavy atom. The van der Waals surface area contributed by atoms with E-state index in [1.54, 1.807) is 12.1 Å². The standard InChI is InChI=1S/C14H19FN4/c1-2-19-10-11(9-17-19)7-13(18-16)8-12-5-3-4-6-14(12)15/h3-6,9-10,13,18H,2,7-8,16H2,1H3. The number of halogens is 1. The SMILES string of the molecule is CCn1cc(CC(Cc2ccccc2F)NN)cn1.